The second-order valence-electron chi connectivity index (χ2n) is 5.97. The lowest BCUT2D eigenvalue weighted by Gasteiger charge is -2.29. The molecule has 0 radical (unpaired) electrons. The van der Waals surface area contributed by atoms with E-state index < -0.39 is 54.8 Å². The van der Waals surface area contributed by atoms with E-state index >= 15 is 0 Å². The summed E-state index contributed by atoms with van der Waals surface area (Å²) in [5.41, 5.74) is -3.17. The van der Waals surface area contributed by atoms with E-state index in [1.165, 1.54) is 18.2 Å². The van der Waals surface area contributed by atoms with Gasteiger partial charge in [0.1, 0.15) is 5.54 Å². The summed E-state index contributed by atoms with van der Waals surface area (Å²) in [6, 6.07) is 6.54. The van der Waals surface area contributed by atoms with Crippen LogP contribution < -0.4 is 15.1 Å². The number of hydrogen-bond acceptors (Lipinski definition) is 3. The van der Waals surface area contributed by atoms with Crippen molar-refractivity contribution in [3.05, 3.63) is 65.0 Å². The second kappa shape index (κ2) is 7.06. The van der Waals surface area contributed by atoms with E-state index in [2.05, 4.69) is 4.85 Å². The third-order valence-corrected chi connectivity index (χ3v) is 4.57. The maximum absolute atomic E-state index is 13.8. The Kier molecular flexibility index (Phi) is 2.61. The van der Waals surface area contributed by atoms with Gasteiger partial charge in [-0.1, -0.05) is 6.07 Å². The molecule has 1 aliphatic rings. The Labute approximate surface area is 183 Å². The van der Waals surface area contributed by atoms with Crippen molar-refractivity contribution in [2.75, 3.05) is 16.8 Å². The van der Waals surface area contributed by atoms with Gasteiger partial charge in [-0.15, -0.1) is 0 Å². The van der Waals surface area contributed by atoms with Gasteiger partial charge in [-0.25, -0.2) is 4.85 Å². The number of anilines is 2. The Morgan fingerprint density at radius 2 is 2.04 bits per heavy atom. The Morgan fingerprint density at radius 1 is 1.29 bits per heavy atom. The molecule has 0 aromatic heterocycles. The predicted molar refractivity (Wildman–Crippen MR) is 114 cm³/mol. The molecule has 1 saturated heterocycles. The number of benzene rings is 2. The Morgan fingerprint density at radius 3 is 2.64 bits per heavy atom. The van der Waals surface area contributed by atoms with Crippen LogP contribution in [0.2, 0.25) is 0 Å². The van der Waals surface area contributed by atoms with Gasteiger partial charge in [0.05, 0.1) is 7.94 Å². The molecule has 2 aromatic rings. The average molecular weight is 403 g/mol. The smallest absolute Gasteiger partial charge is 0.259 e. The fraction of sp³-hybridized carbons (Fsp3) is 0.238. The van der Waals surface area contributed by atoms with E-state index in [0.717, 1.165) is 23.1 Å². The molecule has 2 amide bonds. The molecular weight excluding hydrogens is 372 g/mol. The van der Waals surface area contributed by atoms with Gasteiger partial charge >= 0.3 is 0 Å². The molecule has 0 saturated carbocycles. The van der Waals surface area contributed by atoms with Crippen LogP contribution >= 0.6 is 12.2 Å². The summed E-state index contributed by atoms with van der Waals surface area (Å²) >= 11 is 5.45. The molecule has 1 fully saturated rings. The summed E-state index contributed by atoms with van der Waals surface area (Å²) in [6.07, 6.45) is 0. The van der Waals surface area contributed by atoms with Gasteiger partial charge in [0.25, 0.3) is 11.8 Å². The first-order valence-electron chi connectivity index (χ1n) is 12.9. The standard InChI is InChI=1S/C21H20N4O2S/c1-13-12-16(10-11-17(13)22-4)24-19(27)21(2,3)25(20(24)28)15-8-6-14(7-9-15)18(26)23-5/h6-12H,1-3,5H3,(H,23,26)/i2D3,3D3,5D3,6D. The first-order chi connectivity index (χ1) is 17.3. The molecule has 1 aliphatic heterocycles. The minimum Gasteiger partial charge on any atom is -0.355 e. The first-order valence-corrected chi connectivity index (χ1v) is 8.29. The van der Waals surface area contributed by atoms with Crippen molar-refractivity contribution in [3.63, 3.8) is 0 Å². The summed E-state index contributed by atoms with van der Waals surface area (Å²) in [7, 11) is 0. The van der Waals surface area contributed by atoms with Crippen LogP contribution in [-0.2, 0) is 4.79 Å². The van der Waals surface area contributed by atoms with Crippen LogP contribution in [0.5, 0.6) is 0 Å². The molecule has 6 nitrogen and oxygen atoms in total. The third kappa shape index (κ3) is 3.02. The van der Waals surface area contributed by atoms with Crippen molar-refractivity contribution in [2.24, 2.45) is 0 Å². The molecule has 7 heteroatoms. The highest BCUT2D eigenvalue weighted by molar-refractivity contribution is 7.81. The fourth-order valence-corrected chi connectivity index (χ4v) is 3.22. The number of amides is 2. The van der Waals surface area contributed by atoms with Crippen molar-refractivity contribution in [1.29, 1.82) is 0 Å². The fourth-order valence-electron chi connectivity index (χ4n) is 2.79. The SMILES string of the molecule is [2H]c1cc(N2C(=S)N(c3ccc([N+]#[C-])c(C)c3)C(=O)C2(C([2H])([2H])[2H])C([2H])([2H])[2H])ccc1C(=O)NC([2H])([2H])[2H]. The zero-order valence-electron chi connectivity index (χ0n) is 24.5. The largest absolute Gasteiger partial charge is 0.355 e. The molecule has 1 N–H and O–H groups in total. The molecule has 0 atom stereocenters. The highest BCUT2D eigenvalue weighted by Crippen LogP contribution is 2.37. The van der Waals surface area contributed by atoms with Crippen molar-refractivity contribution in [2.45, 2.75) is 26.2 Å². The Bertz CT molecular complexity index is 1360. The number of rotatable bonds is 3. The number of hydrogen-bond donors (Lipinski definition) is 1. The molecule has 142 valence electrons. The minimum atomic E-state index is -3.47. The van der Waals surface area contributed by atoms with Crippen LogP contribution in [0.3, 0.4) is 0 Å². The third-order valence-electron chi connectivity index (χ3n) is 4.20. The van der Waals surface area contributed by atoms with E-state index in [9.17, 15) is 9.59 Å². The molecule has 1 heterocycles. The van der Waals surface area contributed by atoms with E-state index in [4.69, 9.17) is 32.5 Å². The van der Waals surface area contributed by atoms with Gasteiger partial charge in [0, 0.05) is 36.3 Å². The zero-order valence-corrected chi connectivity index (χ0v) is 15.3. The molecule has 0 bridgehead atoms. The summed E-state index contributed by atoms with van der Waals surface area (Å²) in [6.45, 7) is -0.997. The summed E-state index contributed by atoms with van der Waals surface area (Å²) in [5.74, 6) is -2.48. The first kappa shape index (κ1) is 10.3. The Balaban J connectivity index is 2.27. The molecule has 0 aliphatic carbocycles. The van der Waals surface area contributed by atoms with E-state index in [1.54, 1.807) is 12.2 Å². The van der Waals surface area contributed by atoms with Crippen LogP contribution in [0.1, 0.15) is 43.3 Å². The summed E-state index contributed by atoms with van der Waals surface area (Å²) in [4.78, 5) is 30.9. The zero-order chi connectivity index (χ0) is 29.0. The summed E-state index contributed by atoms with van der Waals surface area (Å²) in [5, 5.41) is 1.21. The maximum Gasteiger partial charge on any atom is 0.259 e. The topological polar surface area (TPSA) is 57.0 Å². The van der Waals surface area contributed by atoms with Crippen molar-refractivity contribution < 1.29 is 23.3 Å². The number of aryl methyl sites for hydroxylation is 1. The minimum absolute atomic E-state index is 0.0325. The number of nitrogens with zero attached hydrogens (tertiary/aromatic N) is 3. The highest BCUT2D eigenvalue weighted by Gasteiger charge is 2.50. The lowest BCUT2D eigenvalue weighted by atomic mass is 10.0. The van der Waals surface area contributed by atoms with Crippen LogP contribution in [-0.4, -0.2) is 29.4 Å². The normalized spacial score (nSPS) is 22.1. The summed E-state index contributed by atoms with van der Waals surface area (Å²) < 4.78 is 78.7. The van der Waals surface area contributed by atoms with E-state index in [0.29, 0.717) is 10.5 Å². The van der Waals surface area contributed by atoms with E-state index in [-0.39, 0.29) is 17.1 Å². The number of thiocarbonyl (C=S) groups is 1. The van der Waals surface area contributed by atoms with E-state index in [1.807, 2.05) is 0 Å². The van der Waals surface area contributed by atoms with Gasteiger partial charge < -0.3 is 10.2 Å². The van der Waals surface area contributed by atoms with Crippen LogP contribution in [0, 0.1) is 13.5 Å². The highest BCUT2D eigenvalue weighted by atomic mass is 32.1. The predicted octanol–water partition coefficient (Wildman–Crippen LogP) is 3.82. The molecule has 28 heavy (non-hydrogen) atoms. The van der Waals surface area contributed by atoms with Gasteiger partial charge in [-0.3, -0.25) is 14.5 Å². The van der Waals surface area contributed by atoms with Crippen molar-refractivity contribution in [3.8, 4) is 0 Å². The lowest BCUT2D eigenvalue weighted by Crippen LogP contribution is -2.44. The second-order valence-corrected chi connectivity index (χ2v) is 6.33. The monoisotopic (exact) mass is 402 g/mol. The molecule has 0 spiro atoms. The van der Waals surface area contributed by atoms with Crippen LogP contribution in [0.4, 0.5) is 17.1 Å². The Hall–Kier alpha value is -3.24. The quantitative estimate of drug-likeness (QED) is 0.626. The molecule has 3 rings (SSSR count). The van der Waals surface area contributed by atoms with Crippen molar-refractivity contribution >= 4 is 46.2 Å². The van der Waals surface area contributed by atoms with Gasteiger partial charge in [-0.05, 0) is 74.8 Å². The van der Waals surface area contributed by atoms with Gasteiger partial charge in [-0.2, -0.15) is 0 Å². The van der Waals surface area contributed by atoms with Gasteiger partial charge in [0.15, 0.2) is 10.8 Å². The molecule has 0 unspecified atom stereocenters. The number of carbonyl (C=O) groups excluding carboxylic acids is 2. The van der Waals surface area contributed by atoms with Crippen LogP contribution in [0.15, 0.2) is 42.4 Å². The molecular formula is C21H20N4O2S. The maximum atomic E-state index is 13.8. The molecule has 2 aromatic carbocycles. The van der Waals surface area contributed by atoms with Crippen LogP contribution in [0.25, 0.3) is 4.85 Å². The lowest BCUT2D eigenvalue weighted by molar-refractivity contribution is -0.120. The average Bonchev–Trinajstić information content (AvgIpc) is 2.99. The number of nitrogens with one attached hydrogen (secondary N) is 1. The number of carbonyl (C=O) groups is 2. The van der Waals surface area contributed by atoms with Crippen molar-refractivity contribution in [1.82, 2.24) is 5.32 Å². The van der Waals surface area contributed by atoms with Gasteiger partial charge in [0.2, 0.25) is 0 Å².